The van der Waals surface area contributed by atoms with Crippen molar-refractivity contribution in [2.45, 2.75) is 25.0 Å². The van der Waals surface area contributed by atoms with Gasteiger partial charge in [0.05, 0.1) is 17.9 Å². The number of amides is 2. The fourth-order valence-corrected chi connectivity index (χ4v) is 3.39. The topological polar surface area (TPSA) is 104 Å². The number of hydrogen-bond donors (Lipinski definition) is 3. The quantitative estimate of drug-likeness (QED) is 0.382. The molecule has 0 unspecified atom stereocenters. The lowest BCUT2D eigenvalue weighted by Gasteiger charge is -2.08. The molecule has 0 aliphatic carbocycles. The molecule has 0 aliphatic rings. The van der Waals surface area contributed by atoms with Crippen LogP contribution in [0, 0.1) is 6.92 Å². The van der Waals surface area contributed by atoms with Gasteiger partial charge in [-0.15, -0.1) is 0 Å². The van der Waals surface area contributed by atoms with E-state index in [-0.39, 0.29) is 29.5 Å². The molecule has 7 nitrogen and oxygen atoms in total. The Kier molecular flexibility index (Phi) is 7.40. The zero-order chi connectivity index (χ0) is 21.3. The van der Waals surface area contributed by atoms with Crippen LogP contribution in [0.1, 0.15) is 16.8 Å². The number of aromatic amines is 1. The Hall–Kier alpha value is -3.39. The molecule has 3 rings (SSSR count). The summed E-state index contributed by atoms with van der Waals surface area (Å²) in [6, 6.07) is 18.3. The number of thioether (sulfide) groups is 1. The molecule has 8 heteroatoms. The third-order valence-corrected chi connectivity index (χ3v) is 5.08. The molecule has 0 bridgehead atoms. The molecule has 2 aromatic carbocycles. The fourth-order valence-electron chi connectivity index (χ4n) is 2.70. The van der Waals surface area contributed by atoms with Crippen molar-refractivity contribution in [3.63, 3.8) is 0 Å². The number of carbonyl (C=O) groups is 2. The summed E-state index contributed by atoms with van der Waals surface area (Å²) in [7, 11) is 0. The van der Waals surface area contributed by atoms with Crippen LogP contribution in [0.4, 0.5) is 5.69 Å². The van der Waals surface area contributed by atoms with Crippen molar-refractivity contribution in [1.82, 2.24) is 15.3 Å². The van der Waals surface area contributed by atoms with Crippen molar-refractivity contribution < 1.29 is 9.59 Å². The highest BCUT2D eigenvalue weighted by Crippen LogP contribution is 2.16. The van der Waals surface area contributed by atoms with Crippen LogP contribution in [0.2, 0.25) is 0 Å². The molecule has 0 aliphatic heterocycles. The summed E-state index contributed by atoms with van der Waals surface area (Å²) >= 11 is 1.11. The zero-order valence-corrected chi connectivity index (χ0v) is 17.3. The van der Waals surface area contributed by atoms with Gasteiger partial charge in [-0.1, -0.05) is 60.3 Å². The predicted octanol–water partition coefficient (Wildman–Crippen LogP) is 2.67. The van der Waals surface area contributed by atoms with Crippen molar-refractivity contribution in [1.29, 1.82) is 0 Å². The predicted molar refractivity (Wildman–Crippen MR) is 117 cm³/mol. The first-order valence-corrected chi connectivity index (χ1v) is 10.4. The molecule has 0 saturated carbocycles. The molecular weight excluding hydrogens is 400 g/mol. The first-order chi connectivity index (χ1) is 14.5. The maximum absolute atomic E-state index is 12.2. The summed E-state index contributed by atoms with van der Waals surface area (Å²) < 4.78 is 0. The standard InChI is InChI=1S/C22H22N4O3S/c1-15-7-5-6-10-18(15)25-21(29)14-30-22-24-17(12-20(28)26-22)11-19(27)23-13-16-8-3-2-4-9-16/h2-10,12H,11,13-14H2,1H3,(H,23,27)(H,25,29)(H,24,26,28). The van der Waals surface area contributed by atoms with Crippen LogP contribution in [-0.2, 0) is 22.6 Å². The molecule has 154 valence electrons. The minimum atomic E-state index is -0.363. The Morgan fingerprint density at radius 1 is 1.03 bits per heavy atom. The van der Waals surface area contributed by atoms with Crippen LogP contribution < -0.4 is 16.2 Å². The van der Waals surface area contributed by atoms with Gasteiger partial charge in [0.1, 0.15) is 0 Å². The highest BCUT2D eigenvalue weighted by atomic mass is 32.2. The van der Waals surface area contributed by atoms with Crippen LogP contribution in [0.5, 0.6) is 0 Å². The van der Waals surface area contributed by atoms with E-state index in [4.69, 9.17) is 0 Å². The van der Waals surface area contributed by atoms with Crippen molar-refractivity contribution in [2.24, 2.45) is 0 Å². The monoisotopic (exact) mass is 422 g/mol. The molecule has 3 N–H and O–H groups in total. The fraction of sp³-hybridized carbons (Fsp3) is 0.182. The number of H-pyrrole nitrogens is 1. The third-order valence-electron chi connectivity index (χ3n) is 4.21. The summed E-state index contributed by atoms with van der Waals surface area (Å²) in [5, 5.41) is 5.94. The van der Waals surface area contributed by atoms with Gasteiger partial charge in [0, 0.05) is 18.3 Å². The number of nitrogens with zero attached hydrogens (tertiary/aromatic N) is 1. The second kappa shape index (κ2) is 10.4. The smallest absolute Gasteiger partial charge is 0.251 e. The van der Waals surface area contributed by atoms with Crippen molar-refractivity contribution >= 4 is 29.3 Å². The lowest BCUT2D eigenvalue weighted by Crippen LogP contribution is -2.26. The second-order valence-electron chi connectivity index (χ2n) is 6.63. The van der Waals surface area contributed by atoms with Gasteiger partial charge in [-0.25, -0.2) is 4.98 Å². The number of benzene rings is 2. The van der Waals surface area contributed by atoms with Gasteiger partial charge >= 0.3 is 0 Å². The average molecular weight is 423 g/mol. The van der Waals surface area contributed by atoms with Crippen molar-refractivity contribution in [3.8, 4) is 0 Å². The normalized spacial score (nSPS) is 10.4. The lowest BCUT2D eigenvalue weighted by molar-refractivity contribution is -0.120. The molecule has 0 radical (unpaired) electrons. The van der Waals surface area contributed by atoms with Crippen LogP contribution >= 0.6 is 11.8 Å². The van der Waals surface area contributed by atoms with Crippen LogP contribution in [0.25, 0.3) is 0 Å². The van der Waals surface area contributed by atoms with E-state index in [0.29, 0.717) is 17.4 Å². The number of anilines is 1. The number of aryl methyl sites for hydroxylation is 1. The number of rotatable bonds is 8. The molecule has 2 amide bonds. The van der Waals surface area contributed by atoms with Gasteiger partial charge in [-0.3, -0.25) is 14.4 Å². The highest BCUT2D eigenvalue weighted by molar-refractivity contribution is 7.99. The summed E-state index contributed by atoms with van der Waals surface area (Å²) in [6.45, 7) is 2.32. The van der Waals surface area contributed by atoms with E-state index in [1.165, 1.54) is 6.07 Å². The minimum absolute atomic E-state index is 0.0142. The third kappa shape index (κ3) is 6.59. The molecule has 0 atom stereocenters. The number of para-hydroxylation sites is 1. The maximum Gasteiger partial charge on any atom is 0.251 e. The van der Waals surface area contributed by atoms with Gasteiger partial charge in [-0.2, -0.15) is 0 Å². The van der Waals surface area contributed by atoms with Gasteiger partial charge in [0.15, 0.2) is 5.16 Å². The maximum atomic E-state index is 12.2. The van der Waals surface area contributed by atoms with Gasteiger partial charge in [0.25, 0.3) is 5.56 Å². The number of hydrogen-bond acceptors (Lipinski definition) is 5. The Morgan fingerprint density at radius 2 is 1.77 bits per heavy atom. The van der Waals surface area contributed by atoms with E-state index in [0.717, 1.165) is 28.6 Å². The minimum Gasteiger partial charge on any atom is -0.352 e. The Balaban J connectivity index is 1.54. The first kappa shape index (κ1) is 21.3. The van der Waals surface area contributed by atoms with E-state index in [1.54, 1.807) is 0 Å². The van der Waals surface area contributed by atoms with Crippen LogP contribution in [0.15, 0.2) is 70.6 Å². The highest BCUT2D eigenvalue weighted by Gasteiger charge is 2.10. The largest absolute Gasteiger partial charge is 0.352 e. The van der Waals surface area contributed by atoms with E-state index in [9.17, 15) is 14.4 Å². The Bertz CT molecular complexity index is 1080. The molecule has 3 aromatic rings. The van der Waals surface area contributed by atoms with E-state index in [1.807, 2.05) is 61.5 Å². The molecule has 1 heterocycles. The lowest BCUT2D eigenvalue weighted by atomic mass is 10.2. The summed E-state index contributed by atoms with van der Waals surface area (Å²) in [5.41, 5.74) is 2.68. The van der Waals surface area contributed by atoms with Crippen LogP contribution in [0.3, 0.4) is 0 Å². The molecular formula is C22H22N4O3S. The summed E-state index contributed by atoms with van der Waals surface area (Å²) in [5.74, 6) is -0.353. The zero-order valence-electron chi connectivity index (χ0n) is 16.5. The molecule has 0 saturated heterocycles. The number of carbonyl (C=O) groups excluding carboxylic acids is 2. The van der Waals surface area contributed by atoms with Crippen molar-refractivity contribution in [2.75, 3.05) is 11.1 Å². The second-order valence-corrected chi connectivity index (χ2v) is 7.60. The average Bonchev–Trinajstić information content (AvgIpc) is 2.73. The Labute approximate surface area is 178 Å². The van der Waals surface area contributed by atoms with E-state index in [2.05, 4.69) is 20.6 Å². The van der Waals surface area contributed by atoms with E-state index < -0.39 is 0 Å². The van der Waals surface area contributed by atoms with Gasteiger partial charge in [0.2, 0.25) is 11.8 Å². The summed E-state index contributed by atoms with van der Waals surface area (Å²) in [6.07, 6.45) is -0.0142. The number of nitrogens with one attached hydrogen (secondary N) is 3. The van der Waals surface area contributed by atoms with E-state index >= 15 is 0 Å². The molecule has 30 heavy (non-hydrogen) atoms. The molecule has 1 aromatic heterocycles. The van der Waals surface area contributed by atoms with Gasteiger partial charge in [-0.05, 0) is 24.1 Å². The molecule has 0 fully saturated rings. The number of aromatic nitrogens is 2. The Morgan fingerprint density at radius 3 is 2.53 bits per heavy atom. The van der Waals surface area contributed by atoms with Gasteiger partial charge < -0.3 is 15.6 Å². The SMILES string of the molecule is Cc1ccccc1NC(=O)CSc1nc(CC(=O)NCc2ccccc2)cc(=O)[nH]1. The molecule has 0 spiro atoms. The van der Waals surface area contributed by atoms with Crippen molar-refractivity contribution in [3.05, 3.63) is 87.8 Å². The van der Waals surface area contributed by atoms with Crippen LogP contribution in [-0.4, -0.2) is 27.5 Å². The summed E-state index contributed by atoms with van der Waals surface area (Å²) in [4.78, 5) is 43.2. The first-order valence-electron chi connectivity index (χ1n) is 9.39.